The zero-order valence-electron chi connectivity index (χ0n) is 16.0. The first kappa shape index (κ1) is 19.2. The number of carbonyl (C=O) groups excluding carboxylic acids is 1. The summed E-state index contributed by atoms with van der Waals surface area (Å²) < 4.78 is 5.76. The number of halogens is 1. The average Bonchev–Trinajstić information content (AvgIpc) is 2.89. The van der Waals surface area contributed by atoms with Gasteiger partial charge in [0.1, 0.15) is 18.1 Å². The van der Waals surface area contributed by atoms with E-state index in [9.17, 15) is 4.79 Å². The number of benzene rings is 2. The van der Waals surface area contributed by atoms with Crippen molar-refractivity contribution >= 4 is 29.3 Å². The molecule has 2 aromatic carbocycles. The molecule has 4 nitrogen and oxygen atoms in total. The number of ether oxygens (including phenoxy) is 1. The molecule has 1 aliphatic rings. The van der Waals surface area contributed by atoms with Gasteiger partial charge in [-0.05, 0) is 46.9 Å². The molecule has 0 saturated carbocycles. The lowest BCUT2D eigenvalue weighted by molar-refractivity contribution is -0.124. The second-order valence-corrected chi connectivity index (χ2v) is 7.98. The van der Waals surface area contributed by atoms with Crippen molar-refractivity contribution in [1.82, 2.24) is 5.01 Å². The van der Waals surface area contributed by atoms with Crippen LogP contribution in [-0.2, 0) is 10.2 Å². The highest BCUT2D eigenvalue weighted by atomic mass is 35.5. The van der Waals surface area contributed by atoms with Gasteiger partial charge in [-0.25, -0.2) is 5.01 Å². The molecule has 2 aromatic rings. The minimum atomic E-state index is -0.135. The Hall–Kier alpha value is -2.59. The van der Waals surface area contributed by atoms with Gasteiger partial charge in [0.15, 0.2) is 0 Å². The van der Waals surface area contributed by atoms with Crippen molar-refractivity contribution < 1.29 is 9.53 Å². The summed E-state index contributed by atoms with van der Waals surface area (Å²) >= 11 is 5.89. The molecule has 27 heavy (non-hydrogen) atoms. The molecule has 5 heteroatoms. The second-order valence-electron chi connectivity index (χ2n) is 7.55. The molecule has 0 aliphatic carbocycles. The average molecular weight is 383 g/mol. The molecule has 0 fully saturated rings. The molecule has 0 spiro atoms. The fourth-order valence-electron chi connectivity index (χ4n) is 2.76. The Kier molecular flexibility index (Phi) is 5.38. The molecular weight excluding hydrogens is 360 g/mol. The molecule has 0 N–H and O–H groups in total. The minimum Gasteiger partial charge on any atom is -0.487 e. The van der Waals surface area contributed by atoms with Gasteiger partial charge >= 0.3 is 0 Å². The monoisotopic (exact) mass is 382 g/mol. The Morgan fingerprint density at radius 1 is 1.07 bits per heavy atom. The fraction of sp³-hybridized carbons (Fsp3) is 0.273. The van der Waals surface area contributed by atoms with E-state index in [1.165, 1.54) is 10.6 Å². The van der Waals surface area contributed by atoms with Crippen LogP contribution in [0.1, 0.15) is 31.9 Å². The van der Waals surface area contributed by atoms with E-state index in [-0.39, 0.29) is 17.9 Å². The van der Waals surface area contributed by atoms with Crippen LogP contribution in [0.4, 0.5) is 0 Å². The van der Waals surface area contributed by atoms with Gasteiger partial charge < -0.3 is 4.74 Å². The highest BCUT2D eigenvalue weighted by Crippen LogP contribution is 2.24. The van der Waals surface area contributed by atoms with Crippen LogP contribution in [0, 0.1) is 0 Å². The first-order valence-corrected chi connectivity index (χ1v) is 9.18. The van der Waals surface area contributed by atoms with Gasteiger partial charge in [0, 0.05) is 12.1 Å². The maximum Gasteiger partial charge on any atom is 0.275 e. The predicted octanol–water partition coefficient (Wildman–Crippen LogP) is 4.93. The van der Waals surface area contributed by atoms with Gasteiger partial charge in [-0.3, -0.25) is 4.79 Å². The number of nitrogens with zero attached hydrogens (tertiary/aromatic N) is 2. The van der Waals surface area contributed by atoms with Crippen molar-refractivity contribution in [3.05, 3.63) is 70.3 Å². The Balaban J connectivity index is 1.79. The fourth-order valence-corrected chi connectivity index (χ4v) is 2.88. The lowest BCUT2D eigenvalue weighted by Crippen LogP contribution is -2.18. The molecule has 1 amide bonds. The second kappa shape index (κ2) is 7.57. The smallest absolute Gasteiger partial charge is 0.275 e. The number of hydrogen-bond acceptors (Lipinski definition) is 3. The molecule has 0 bridgehead atoms. The number of carbonyl (C=O) groups is 1. The zero-order valence-corrected chi connectivity index (χ0v) is 16.7. The molecule has 140 valence electrons. The van der Waals surface area contributed by atoms with E-state index in [0.717, 1.165) is 5.56 Å². The van der Waals surface area contributed by atoms with E-state index < -0.39 is 0 Å². The third-order valence-corrected chi connectivity index (χ3v) is 4.63. The third kappa shape index (κ3) is 4.58. The van der Waals surface area contributed by atoms with Crippen molar-refractivity contribution in [3.8, 4) is 5.75 Å². The van der Waals surface area contributed by atoms with Gasteiger partial charge in [0.2, 0.25) is 0 Å². The van der Waals surface area contributed by atoms with Gasteiger partial charge in [0.25, 0.3) is 5.91 Å². The van der Waals surface area contributed by atoms with Crippen molar-refractivity contribution in [2.45, 2.75) is 26.2 Å². The van der Waals surface area contributed by atoms with Crippen LogP contribution in [0.5, 0.6) is 5.75 Å². The Morgan fingerprint density at radius 3 is 2.30 bits per heavy atom. The van der Waals surface area contributed by atoms with E-state index in [0.29, 0.717) is 22.1 Å². The quantitative estimate of drug-likeness (QED) is 0.703. The van der Waals surface area contributed by atoms with E-state index in [1.807, 2.05) is 18.2 Å². The number of rotatable bonds is 4. The summed E-state index contributed by atoms with van der Waals surface area (Å²) in [4.78, 5) is 12.5. The van der Waals surface area contributed by atoms with Crippen LogP contribution in [-0.4, -0.2) is 30.3 Å². The van der Waals surface area contributed by atoms with Crippen molar-refractivity contribution in [1.29, 1.82) is 0 Å². The Bertz CT molecular complexity index is 891. The molecule has 0 radical (unpaired) electrons. The molecule has 3 rings (SSSR count). The number of amides is 1. The molecule has 0 saturated heterocycles. The highest BCUT2D eigenvalue weighted by Gasteiger charge is 2.27. The number of hydrazone groups is 1. The lowest BCUT2D eigenvalue weighted by atomic mass is 9.86. The largest absolute Gasteiger partial charge is 0.487 e. The standard InChI is InChI=1S/C22H23ClN2O2/c1-22(2,3)16-7-5-15(6-8-16)13-19-20(24-25(4)21(19)26)14-27-18-11-9-17(23)10-12-18/h5-13H,14H2,1-4H3/b19-13+. The van der Waals surface area contributed by atoms with E-state index >= 15 is 0 Å². The van der Waals surface area contributed by atoms with Crippen LogP contribution >= 0.6 is 11.6 Å². The molecule has 1 heterocycles. The molecule has 1 aliphatic heterocycles. The van der Waals surface area contributed by atoms with Gasteiger partial charge in [0.05, 0.1) is 5.57 Å². The SMILES string of the molecule is CN1N=C(COc2ccc(Cl)cc2)/C(=C\c2ccc(C(C)(C)C)cc2)C1=O. The molecule has 0 unspecified atom stereocenters. The molecule has 0 atom stereocenters. The highest BCUT2D eigenvalue weighted by molar-refractivity contribution is 6.30. The van der Waals surface area contributed by atoms with E-state index in [2.05, 4.69) is 38.0 Å². The van der Waals surface area contributed by atoms with E-state index in [4.69, 9.17) is 16.3 Å². The zero-order chi connectivity index (χ0) is 19.6. The van der Waals surface area contributed by atoms with Crippen LogP contribution < -0.4 is 4.74 Å². The summed E-state index contributed by atoms with van der Waals surface area (Å²) in [6, 6.07) is 15.3. The summed E-state index contributed by atoms with van der Waals surface area (Å²) in [6.07, 6.45) is 1.86. The van der Waals surface area contributed by atoms with Crippen molar-refractivity contribution in [2.24, 2.45) is 5.10 Å². The first-order chi connectivity index (χ1) is 12.7. The van der Waals surface area contributed by atoms with Crippen LogP contribution in [0.3, 0.4) is 0 Å². The van der Waals surface area contributed by atoms with Crippen molar-refractivity contribution in [3.63, 3.8) is 0 Å². The topological polar surface area (TPSA) is 41.9 Å². The summed E-state index contributed by atoms with van der Waals surface area (Å²) in [5, 5.41) is 6.31. The number of likely N-dealkylation sites (N-methyl/N-ethyl adjacent to an activating group) is 1. The molecule has 0 aromatic heterocycles. The summed E-state index contributed by atoms with van der Waals surface area (Å²) in [7, 11) is 1.65. The summed E-state index contributed by atoms with van der Waals surface area (Å²) in [5.74, 6) is 0.544. The number of hydrogen-bond donors (Lipinski definition) is 0. The van der Waals surface area contributed by atoms with Crippen LogP contribution in [0.15, 0.2) is 59.2 Å². The maximum absolute atomic E-state index is 12.5. The van der Waals surface area contributed by atoms with Gasteiger partial charge in [-0.2, -0.15) is 5.10 Å². The lowest BCUT2D eigenvalue weighted by Gasteiger charge is -2.18. The maximum atomic E-state index is 12.5. The summed E-state index contributed by atoms with van der Waals surface area (Å²) in [5.41, 5.74) is 3.46. The Morgan fingerprint density at radius 2 is 1.70 bits per heavy atom. The minimum absolute atomic E-state index is 0.0914. The van der Waals surface area contributed by atoms with E-state index in [1.54, 1.807) is 31.3 Å². The third-order valence-electron chi connectivity index (χ3n) is 4.38. The first-order valence-electron chi connectivity index (χ1n) is 8.80. The summed E-state index contributed by atoms with van der Waals surface area (Å²) in [6.45, 7) is 6.74. The van der Waals surface area contributed by atoms with Gasteiger partial charge in [-0.1, -0.05) is 56.6 Å². The van der Waals surface area contributed by atoms with Crippen LogP contribution in [0.2, 0.25) is 5.02 Å². The van der Waals surface area contributed by atoms with Gasteiger partial charge in [-0.15, -0.1) is 0 Å². The molecular formula is C22H23ClN2O2. The van der Waals surface area contributed by atoms with Crippen LogP contribution in [0.25, 0.3) is 6.08 Å². The predicted molar refractivity (Wildman–Crippen MR) is 110 cm³/mol. The van der Waals surface area contributed by atoms with Crippen molar-refractivity contribution in [2.75, 3.05) is 13.7 Å². The Labute approximate surface area is 165 Å². The normalized spacial score (nSPS) is 16.0.